The van der Waals surface area contributed by atoms with Crippen molar-refractivity contribution < 1.29 is 0 Å². The molecule has 5 heteroatoms. The van der Waals surface area contributed by atoms with Gasteiger partial charge in [-0.2, -0.15) is 0 Å². The molecule has 0 spiro atoms. The number of hydrogen-bond donors (Lipinski definition) is 3. The van der Waals surface area contributed by atoms with E-state index in [1.807, 2.05) is 25.4 Å². The van der Waals surface area contributed by atoms with Gasteiger partial charge in [-0.25, -0.2) is 9.97 Å². The van der Waals surface area contributed by atoms with Gasteiger partial charge >= 0.3 is 0 Å². The summed E-state index contributed by atoms with van der Waals surface area (Å²) < 4.78 is 0. The maximum Gasteiger partial charge on any atom is 0.223 e. The summed E-state index contributed by atoms with van der Waals surface area (Å²) in [6.07, 6.45) is 12.2. The standard InChI is InChI=1S/C20H31N5/c1-4-17(19(22-3)13-14-5-6-14)18-11-12-23-20(25-18)24-16-9-7-15(21-2)8-10-16/h4,11-12,14-16,21-22H,1,5-10,13H2,2-3H3,(H,23,24,25)/b19-17+/t15-,16-. The fourth-order valence-electron chi connectivity index (χ4n) is 3.63. The molecule has 0 aliphatic heterocycles. The molecule has 0 atom stereocenters. The van der Waals surface area contributed by atoms with Crippen molar-refractivity contribution in [3.05, 3.63) is 36.3 Å². The molecule has 0 amide bonds. The van der Waals surface area contributed by atoms with Gasteiger partial charge < -0.3 is 16.0 Å². The average Bonchev–Trinajstić information content (AvgIpc) is 3.46. The molecule has 2 saturated carbocycles. The number of rotatable bonds is 8. The number of aromatic nitrogens is 2. The van der Waals surface area contributed by atoms with E-state index in [4.69, 9.17) is 4.98 Å². The molecule has 1 aromatic heterocycles. The van der Waals surface area contributed by atoms with Crippen LogP contribution in [0.3, 0.4) is 0 Å². The van der Waals surface area contributed by atoms with Gasteiger partial charge in [-0.15, -0.1) is 0 Å². The average molecular weight is 342 g/mol. The lowest BCUT2D eigenvalue weighted by Gasteiger charge is -2.28. The maximum absolute atomic E-state index is 4.77. The molecule has 0 saturated heterocycles. The summed E-state index contributed by atoms with van der Waals surface area (Å²) in [5.74, 6) is 1.55. The van der Waals surface area contributed by atoms with Crippen molar-refractivity contribution in [1.82, 2.24) is 20.6 Å². The Labute approximate surface area is 151 Å². The van der Waals surface area contributed by atoms with E-state index in [-0.39, 0.29) is 0 Å². The van der Waals surface area contributed by atoms with Crippen molar-refractivity contribution >= 4 is 11.5 Å². The van der Waals surface area contributed by atoms with Crippen LogP contribution in [-0.2, 0) is 0 Å². The Hall–Kier alpha value is -1.88. The van der Waals surface area contributed by atoms with E-state index in [9.17, 15) is 0 Å². The number of hydrogen-bond acceptors (Lipinski definition) is 5. The van der Waals surface area contributed by atoms with Gasteiger partial charge in [0.25, 0.3) is 0 Å². The predicted molar refractivity (Wildman–Crippen MR) is 104 cm³/mol. The van der Waals surface area contributed by atoms with E-state index >= 15 is 0 Å². The zero-order valence-corrected chi connectivity index (χ0v) is 15.5. The monoisotopic (exact) mass is 341 g/mol. The Balaban J connectivity index is 1.71. The van der Waals surface area contributed by atoms with Gasteiger partial charge in [0, 0.05) is 36.6 Å². The van der Waals surface area contributed by atoms with Gasteiger partial charge in [0.05, 0.1) is 5.69 Å². The first kappa shape index (κ1) is 17.9. The third-order valence-corrected chi connectivity index (χ3v) is 5.42. The van der Waals surface area contributed by atoms with Crippen LogP contribution in [0.4, 0.5) is 5.95 Å². The second kappa shape index (κ2) is 8.48. The van der Waals surface area contributed by atoms with Crippen LogP contribution in [0.15, 0.2) is 30.6 Å². The minimum Gasteiger partial charge on any atom is -0.391 e. The third-order valence-electron chi connectivity index (χ3n) is 5.42. The van der Waals surface area contributed by atoms with Gasteiger partial charge in [-0.05, 0) is 64.0 Å². The third kappa shape index (κ3) is 4.82. The lowest BCUT2D eigenvalue weighted by atomic mass is 9.91. The Morgan fingerprint density at radius 3 is 2.48 bits per heavy atom. The molecule has 0 unspecified atom stereocenters. The van der Waals surface area contributed by atoms with Crippen LogP contribution in [0.5, 0.6) is 0 Å². The van der Waals surface area contributed by atoms with Crippen molar-refractivity contribution in [2.45, 2.75) is 57.0 Å². The van der Waals surface area contributed by atoms with E-state index in [1.54, 1.807) is 0 Å². The zero-order valence-electron chi connectivity index (χ0n) is 15.5. The first-order valence-corrected chi connectivity index (χ1v) is 9.54. The van der Waals surface area contributed by atoms with Crippen molar-refractivity contribution in [1.29, 1.82) is 0 Å². The Bertz CT molecular complexity index is 612. The van der Waals surface area contributed by atoms with Crippen LogP contribution in [0, 0.1) is 5.92 Å². The fourth-order valence-corrected chi connectivity index (χ4v) is 3.63. The smallest absolute Gasteiger partial charge is 0.223 e. The van der Waals surface area contributed by atoms with Crippen molar-refractivity contribution in [2.24, 2.45) is 5.92 Å². The number of nitrogens with zero attached hydrogens (tertiary/aromatic N) is 2. The molecule has 2 fully saturated rings. The molecule has 0 aromatic carbocycles. The van der Waals surface area contributed by atoms with Gasteiger partial charge in [-0.3, -0.25) is 0 Å². The quantitative estimate of drug-likeness (QED) is 0.633. The van der Waals surface area contributed by atoms with Gasteiger partial charge in [-0.1, -0.05) is 12.7 Å². The summed E-state index contributed by atoms with van der Waals surface area (Å²) in [7, 11) is 4.04. The molecule has 1 heterocycles. The molecule has 3 rings (SSSR count). The van der Waals surface area contributed by atoms with Crippen LogP contribution in [-0.4, -0.2) is 36.1 Å². The molecular formula is C20H31N5. The highest BCUT2D eigenvalue weighted by molar-refractivity contribution is 5.74. The summed E-state index contributed by atoms with van der Waals surface area (Å²) >= 11 is 0. The van der Waals surface area contributed by atoms with E-state index in [1.165, 1.54) is 31.4 Å². The minimum atomic E-state index is 0.464. The summed E-state index contributed by atoms with van der Waals surface area (Å²) in [6.45, 7) is 4.01. The summed E-state index contributed by atoms with van der Waals surface area (Å²) in [6, 6.07) is 3.09. The summed E-state index contributed by atoms with van der Waals surface area (Å²) in [4.78, 5) is 9.20. The zero-order chi connectivity index (χ0) is 17.6. The number of allylic oxidation sites excluding steroid dienone is 3. The first-order valence-electron chi connectivity index (χ1n) is 9.54. The maximum atomic E-state index is 4.77. The Morgan fingerprint density at radius 2 is 1.88 bits per heavy atom. The van der Waals surface area contributed by atoms with Crippen molar-refractivity contribution in [3.8, 4) is 0 Å². The highest BCUT2D eigenvalue weighted by Gasteiger charge is 2.24. The minimum absolute atomic E-state index is 0.464. The molecule has 0 radical (unpaired) electrons. The van der Waals surface area contributed by atoms with Gasteiger partial charge in [0.15, 0.2) is 0 Å². The van der Waals surface area contributed by atoms with Crippen molar-refractivity contribution in [3.63, 3.8) is 0 Å². The molecule has 2 aliphatic carbocycles. The van der Waals surface area contributed by atoms with Crippen LogP contribution in [0.25, 0.3) is 5.57 Å². The normalized spacial score (nSPS) is 24.4. The van der Waals surface area contributed by atoms with E-state index < -0.39 is 0 Å². The lowest BCUT2D eigenvalue weighted by Crippen LogP contribution is -2.35. The van der Waals surface area contributed by atoms with Gasteiger partial charge in [0.2, 0.25) is 5.95 Å². The fraction of sp³-hybridized carbons (Fsp3) is 0.600. The van der Waals surface area contributed by atoms with Crippen LogP contribution < -0.4 is 16.0 Å². The SMILES string of the molecule is C=C/C(=C(/CC1CC1)NC)c1ccnc(N[C@H]2CC[C@H](NC)CC2)n1. The largest absolute Gasteiger partial charge is 0.391 e. The molecular weight excluding hydrogens is 310 g/mol. The molecule has 2 aliphatic rings. The molecule has 25 heavy (non-hydrogen) atoms. The van der Waals surface area contributed by atoms with Crippen LogP contribution in [0.2, 0.25) is 0 Å². The number of anilines is 1. The van der Waals surface area contributed by atoms with Crippen molar-refractivity contribution in [2.75, 3.05) is 19.4 Å². The van der Waals surface area contributed by atoms with Crippen LogP contribution in [0.1, 0.15) is 50.6 Å². The number of nitrogens with one attached hydrogen (secondary N) is 3. The Morgan fingerprint density at radius 1 is 1.16 bits per heavy atom. The van der Waals surface area contributed by atoms with Crippen LogP contribution >= 0.6 is 0 Å². The second-order valence-electron chi connectivity index (χ2n) is 7.24. The molecule has 136 valence electrons. The predicted octanol–water partition coefficient (Wildman–Crippen LogP) is 3.34. The van der Waals surface area contributed by atoms with E-state index in [0.29, 0.717) is 12.1 Å². The summed E-state index contributed by atoms with van der Waals surface area (Å²) in [5, 5.41) is 10.3. The van der Waals surface area contributed by atoms with Gasteiger partial charge in [0.1, 0.15) is 0 Å². The molecule has 0 bridgehead atoms. The summed E-state index contributed by atoms with van der Waals surface area (Å²) in [5.41, 5.74) is 3.27. The Kier molecular flexibility index (Phi) is 6.08. The van der Waals surface area contributed by atoms with E-state index in [2.05, 4.69) is 34.6 Å². The first-order chi connectivity index (χ1) is 12.2. The second-order valence-corrected chi connectivity index (χ2v) is 7.24. The lowest BCUT2D eigenvalue weighted by molar-refractivity contribution is 0.370. The molecule has 5 nitrogen and oxygen atoms in total. The molecule has 1 aromatic rings. The van der Waals surface area contributed by atoms with E-state index in [0.717, 1.165) is 42.4 Å². The highest BCUT2D eigenvalue weighted by atomic mass is 15.1. The highest BCUT2D eigenvalue weighted by Crippen LogP contribution is 2.36. The molecule has 3 N–H and O–H groups in total. The topological polar surface area (TPSA) is 61.9 Å².